The van der Waals surface area contributed by atoms with Gasteiger partial charge in [-0.05, 0) is 49.6 Å². The Hall–Kier alpha value is -2.03. The molecule has 2 aromatic rings. The van der Waals surface area contributed by atoms with E-state index in [1.54, 1.807) is 6.20 Å². The van der Waals surface area contributed by atoms with Crippen molar-refractivity contribution in [1.82, 2.24) is 4.98 Å². The molecule has 1 atom stereocenters. The molecule has 3 nitrogen and oxygen atoms in total. The minimum Gasteiger partial charge on any atom is -0.491 e. The normalized spacial score (nSPS) is 11.9. The second-order valence-corrected chi connectivity index (χ2v) is 5.00. The summed E-state index contributed by atoms with van der Waals surface area (Å²) in [6, 6.07) is 10.5. The molecule has 2 rings (SSSR count). The van der Waals surface area contributed by atoms with Crippen LogP contribution in [-0.2, 0) is 0 Å². The molecule has 0 amide bonds. The number of aryl methyl sites for hydroxylation is 1. The summed E-state index contributed by atoms with van der Waals surface area (Å²) in [4.78, 5) is 4.16. The molecule has 0 aliphatic heterocycles. The molecule has 0 spiro atoms. The van der Waals surface area contributed by atoms with Crippen molar-refractivity contribution in [2.24, 2.45) is 0 Å². The van der Waals surface area contributed by atoms with E-state index in [1.165, 1.54) is 5.56 Å². The van der Waals surface area contributed by atoms with E-state index in [0.717, 1.165) is 30.0 Å². The van der Waals surface area contributed by atoms with Gasteiger partial charge in [0, 0.05) is 12.4 Å². The van der Waals surface area contributed by atoms with Crippen LogP contribution >= 0.6 is 0 Å². The molecule has 0 fully saturated rings. The fourth-order valence-corrected chi connectivity index (χ4v) is 2.03. The monoisotopic (exact) mass is 270 g/mol. The summed E-state index contributed by atoms with van der Waals surface area (Å²) in [5, 5.41) is 3.50. The summed E-state index contributed by atoms with van der Waals surface area (Å²) < 4.78 is 5.83. The lowest BCUT2D eigenvalue weighted by Gasteiger charge is -2.19. The molecule has 1 unspecified atom stereocenters. The van der Waals surface area contributed by atoms with Crippen LogP contribution in [0.15, 0.2) is 42.7 Å². The molecule has 0 radical (unpaired) electrons. The first-order valence-corrected chi connectivity index (χ1v) is 7.10. The van der Waals surface area contributed by atoms with Crippen LogP contribution in [0.25, 0.3) is 0 Å². The zero-order chi connectivity index (χ0) is 14.4. The van der Waals surface area contributed by atoms with Crippen LogP contribution in [0.5, 0.6) is 5.75 Å². The van der Waals surface area contributed by atoms with Crippen molar-refractivity contribution in [3.63, 3.8) is 0 Å². The molecule has 1 N–H and O–H groups in total. The van der Waals surface area contributed by atoms with Gasteiger partial charge in [0.25, 0.3) is 0 Å². The van der Waals surface area contributed by atoms with Crippen molar-refractivity contribution >= 4 is 5.69 Å². The largest absolute Gasteiger partial charge is 0.491 e. The fourth-order valence-electron chi connectivity index (χ4n) is 2.03. The molecule has 20 heavy (non-hydrogen) atoms. The summed E-state index contributed by atoms with van der Waals surface area (Å²) in [7, 11) is 0. The third kappa shape index (κ3) is 3.73. The molecule has 0 aliphatic carbocycles. The first-order valence-electron chi connectivity index (χ1n) is 7.10. The number of ether oxygens (including phenoxy) is 1. The highest BCUT2D eigenvalue weighted by Gasteiger charge is 2.09. The number of anilines is 1. The van der Waals surface area contributed by atoms with Crippen molar-refractivity contribution in [2.45, 2.75) is 33.2 Å². The van der Waals surface area contributed by atoms with Crippen molar-refractivity contribution < 1.29 is 4.74 Å². The molecule has 106 valence electrons. The Kier molecular flexibility index (Phi) is 4.99. The van der Waals surface area contributed by atoms with E-state index in [2.05, 4.69) is 55.3 Å². The summed E-state index contributed by atoms with van der Waals surface area (Å²) >= 11 is 0. The van der Waals surface area contributed by atoms with Crippen LogP contribution in [0, 0.1) is 6.92 Å². The molecule has 1 aromatic carbocycles. The minimum absolute atomic E-state index is 0.190. The number of benzene rings is 1. The fraction of sp³-hybridized carbons (Fsp3) is 0.353. The maximum Gasteiger partial charge on any atom is 0.142 e. The van der Waals surface area contributed by atoms with Crippen LogP contribution in [0.1, 0.15) is 37.4 Å². The van der Waals surface area contributed by atoms with Crippen LogP contribution in [0.4, 0.5) is 5.69 Å². The van der Waals surface area contributed by atoms with Crippen molar-refractivity contribution in [3.05, 3.63) is 53.9 Å². The summed E-state index contributed by atoms with van der Waals surface area (Å²) in [6.45, 7) is 7.05. The Morgan fingerprint density at radius 2 is 2.15 bits per heavy atom. The number of nitrogens with zero attached hydrogens (tertiary/aromatic N) is 1. The molecule has 1 aromatic heterocycles. The Morgan fingerprint density at radius 1 is 1.30 bits per heavy atom. The number of hydrogen-bond donors (Lipinski definition) is 1. The van der Waals surface area contributed by atoms with Gasteiger partial charge in [-0.2, -0.15) is 0 Å². The molecule has 3 heteroatoms. The average Bonchev–Trinajstić information content (AvgIpc) is 2.48. The van der Waals surface area contributed by atoms with Crippen LogP contribution in [-0.4, -0.2) is 11.6 Å². The first-order chi connectivity index (χ1) is 9.70. The van der Waals surface area contributed by atoms with E-state index >= 15 is 0 Å². The lowest BCUT2D eigenvalue weighted by Crippen LogP contribution is -2.09. The average molecular weight is 270 g/mol. The van der Waals surface area contributed by atoms with Gasteiger partial charge in [-0.3, -0.25) is 4.98 Å². The summed E-state index contributed by atoms with van der Waals surface area (Å²) in [5.41, 5.74) is 3.39. The zero-order valence-electron chi connectivity index (χ0n) is 12.4. The predicted molar refractivity (Wildman–Crippen MR) is 83.2 cm³/mol. The highest BCUT2D eigenvalue weighted by molar-refractivity contribution is 5.58. The van der Waals surface area contributed by atoms with E-state index < -0.39 is 0 Å². The highest BCUT2D eigenvalue weighted by atomic mass is 16.5. The standard InChI is InChI=1S/C17H22N2O/c1-4-10-20-17-11-13(2)7-8-16(17)19-14(3)15-6-5-9-18-12-15/h5-9,11-12,14,19H,4,10H2,1-3H3. The van der Waals surface area contributed by atoms with Gasteiger partial charge in [-0.1, -0.05) is 19.1 Å². The smallest absolute Gasteiger partial charge is 0.142 e. The van der Waals surface area contributed by atoms with Gasteiger partial charge in [0.2, 0.25) is 0 Å². The van der Waals surface area contributed by atoms with Crippen LogP contribution < -0.4 is 10.1 Å². The van der Waals surface area contributed by atoms with E-state index in [-0.39, 0.29) is 6.04 Å². The van der Waals surface area contributed by atoms with Gasteiger partial charge in [0.1, 0.15) is 5.75 Å². The lowest BCUT2D eigenvalue weighted by molar-refractivity contribution is 0.318. The number of aromatic nitrogens is 1. The summed E-state index contributed by atoms with van der Waals surface area (Å²) in [6.07, 6.45) is 4.68. The predicted octanol–water partition coefficient (Wildman–Crippen LogP) is 4.35. The molecule has 0 bridgehead atoms. The quantitative estimate of drug-likeness (QED) is 0.847. The van der Waals surface area contributed by atoms with Gasteiger partial charge in [0.15, 0.2) is 0 Å². The number of rotatable bonds is 6. The molecular weight excluding hydrogens is 248 g/mol. The van der Waals surface area contributed by atoms with Crippen molar-refractivity contribution in [3.8, 4) is 5.75 Å². The highest BCUT2D eigenvalue weighted by Crippen LogP contribution is 2.29. The van der Waals surface area contributed by atoms with Gasteiger partial charge in [-0.25, -0.2) is 0 Å². The zero-order valence-corrected chi connectivity index (χ0v) is 12.4. The SMILES string of the molecule is CCCOc1cc(C)ccc1NC(C)c1cccnc1. The number of pyridine rings is 1. The lowest BCUT2D eigenvalue weighted by atomic mass is 10.1. The Labute approximate surface area is 121 Å². The number of nitrogens with one attached hydrogen (secondary N) is 1. The van der Waals surface area contributed by atoms with Gasteiger partial charge >= 0.3 is 0 Å². The Morgan fingerprint density at radius 3 is 2.85 bits per heavy atom. The van der Waals surface area contributed by atoms with Gasteiger partial charge in [-0.15, -0.1) is 0 Å². The Balaban J connectivity index is 2.15. The van der Waals surface area contributed by atoms with Crippen LogP contribution in [0.2, 0.25) is 0 Å². The van der Waals surface area contributed by atoms with Crippen LogP contribution in [0.3, 0.4) is 0 Å². The molecule has 1 heterocycles. The third-order valence-electron chi connectivity index (χ3n) is 3.16. The molecule has 0 saturated heterocycles. The van der Waals surface area contributed by atoms with E-state index in [4.69, 9.17) is 4.74 Å². The maximum absolute atomic E-state index is 5.83. The van der Waals surface area contributed by atoms with E-state index in [0.29, 0.717) is 0 Å². The number of hydrogen-bond acceptors (Lipinski definition) is 3. The van der Waals surface area contributed by atoms with Gasteiger partial charge in [0.05, 0.1) is 18.3 Å². The topological polar surface area (TPSA) is 34.1 Å². The first kappa shape index (κ1) is 14.4. The molecule has 0 aliphatic rings. The third-order valence-corrected chi connectivity index (χ3v) is 3.16. The second-order valence-electron chi connectivity index (χ2n) is 5.00. The second kappa shape index (κ2) is 6.94. The minimum atomic E-state index is 0.190. The Bertz CT molecular complexity index is 540. The van der Waals surface area contributed by atoms with Gasteiger partial charge < -0.3 is 10.1 Å². The molecular formula is C17H22N2O. The summed E-state index contributed by atoms with van der Waals surface area (Å²) in [5.74, 6) is 0.919. The molecule has 0 saturated carbocycles. The van der Waals surface area contributed by atoms with Crippen molar-refractivity contribution in [2.75, 3.05) is 11.9 Å². The maximum atomic E-state index is 5.83. The van der Waals surface area contributed by atoms with E-state index in [9.17, 15) is 0 Å². The van der Waals surface area contributed by atoms with E-state index in [1.807, 2.05) is 12.3 Å². The van der Waals surface area contributed by atoms with Crippen molar-refractivity contribution in [1.29, 1.82) is 0 Å².